The number of carbonyl (C=O) groups excluding carboxylic acids is 1. The number of aryl methyl sites for hydroxylation is 3. The van der Waals surface area contributed by atoms with Crippen LogP contribution in [-0.2, 0) is 24.8 Å². The highest BCUT2D eigenvalue weighted by Crippen LogP contribution is 2.30. The molecule has 0 spiro atoms. The lowest BCUT2D eigenvalue weighted by Gasteiger charge is -2.14. The molecule has 1 amide bonds. The maximum Gasteiger partial charge on any atom is 0.242 e. The van der Waals surface area contributed by atoms with Gasteiger partial charge in [-0.05, 0) is 43.5 Å². The van der Waals surface area contributed by atoms with Crippen LogP contribution < -0.4 is 14.8 Å². The van der Waals surface area contributed by atoms with Crippen LogP contribution in [0.25, 0.3) is 11.0 Å². The van der Waals surface area contributed by atoms with Crippen LogP contribution in [0.3, 0.4) is 0 Å². The summed E-state index contributed by atoms with van der Waals surface area (Å²) in [4.78, 5) is 21.5. The first-order chi connectivity index (χ1) is 16.0. The number of para-hydroxylation sites is 2. The topological polar surface area (TPSA) is 96.1 Å². The summed E-state index contributed by atoms with van der Waals surface area (Å²) in [7, 11) is 3.45. The van der Waals surface area contributed by atoms with E-state index in [-0.39, 0.29) is 5.91 Å². The van der Waals surface area contributed by atoms with Gasteiger partial charge in [-0.15, -0.1) is 5.10 Å². The molecule has 0 bridgehead atoms. The minimum absolute atomic E-state index is 0.0855. The number of fused-ring (bicyclic) bond motifs is 1. The Kier molecular flexibility index (Phi) is 6.58. The summed E-state index contributed by atoms with van der Waals surface area (Å²) in [6.07, 6.45) is 6.24. The molecule has 3 aromatic heterocycles. The van der Waals surface area contributed by atoms with Gasteiger partial charge in [-0.25, -0.2) is 14.6 Å². The molecule has 0 fully saturated rings. The largest absolute Gasteiger partial charge is 0.490 e. The van der Waals surface area contributed by atoms with Crippen LogP contribution in [-0.4, -0.2) is 43.9 Å². The number of aromatic nitrogens is 5. The van der Waals surface area contributed by atoms with Gasteiger partial charge in [0, 0.05) is 31.6 Å². The third-order valence-electron chi connectivity index (χ3n) is 5.65. The van der Waals surface area contributed by atoms with Gasteiger partial charge in [-0.2, -0.15) is 0 Å². The predicted octanol–water partition coefficient (Wildman–Crippen LogP) is 3.44. The fourth-order valence-electron chi connectivity index (χ4n) is 3.93. The molecule has 0 radical (unpaired) electrons. The van der Waals surface area contributed by atoms with Gasteiger partial charge in [-0.3, -0.25) is 4.79 Å². The summed E-state index contributed by atoms with van der Waals surface area (Å²) in [5.41, 5.74) is 4.40. The average molecular weight is 449 g/mol. The number of nitrogens with zero attached hydrogens (tertiary/aromatic N) is 5. The molecule has 0 aliphatic rings. The van der Waals surface area contributed by atoms with Gasteiger partial charge in [0.2, 0.25) is 11.8 Å². The third kappa shape index (κ3) is 4.82. The van der Waals surface area contributed by atoms with Crippen molar-refractivity contribution < 1.29 is 14.3 Å². The van der Waals surface area contributed by atoms with E-state index in [2.05, 4.69) is 15.4 Å². The second-order valence-electron chi connectivity index (χ2n) is 7.83. The minimum atomic E-state index is -0.0855. The van der Waals surface area contributed by atoms with Crippen LogP contribution in [0.15, 0.2) is 43.0 Å². The van der Waals surface area contributed by atoms with Crippen molar-refractivity contribution in [3.05, 3.63) is 59.8 Å². The highest BCUT2D eigenvalue weighted by atomic mass is 16.5. The molecule has 4 aromatic rings. The molecule has 0 saturated heterocycles. The lowest BCUT2D eigenvalue weighted by Crippen LogP contribution is -2.15. The Balaban J connectivity index is 1.42. The molecule has 1 aromatic carbocycles. The van der Waals surface area contributed by atoms with Crippen LogP contribution in [0.1, 0.15) is 23.2 Å². The Morgan fingerprint density at radius 1 is 1.21 bits per heavy atom. The average Bonchev–Trinajstić information content (AvgIpc) is 3.42. The fourth-order valence-corrected chi connectivity index (χ4v) is 3.93. The number of hydrogen-bond donors (Lipinski definition) is 1. The molecule has 0 unspecified atom stereocenters. The lowest BCUT2D eigenvalue weighted by atomic mass is 10.00. The fraction of sp³-hybridized carbons (Fsp3) is 0.333. The van der Waals surface area contributed by atoms with Crippen molar-refractivity contribution in [2.24, 2.45) is 7.05 Å². The molecule has 1 N–H and O–H groups in total. The molecule has 0 aliphatic heterocycles. The summed E-state index contributed by atoms with van der Waals surface area (Å²) in [6.45, 7) is 5.13. The third-order valence-corrected chi connectivity index (χ3v) is 5.65. The normalized spacial score (nSPS) is 11.0. The van der Waals surface area contributed by atoms with E-state index >= 15 is 0 Å². The summed E-state index contributed by atoms with van der Waals surface area (Å²) in [6, 6.07) is 7.45. The summed E-state index contributed by atoms with van der Waals surface area (Å²) < 4.78 is 15.0. The summed E-state index contributed by atoms with van der Waals surface area (Å²) in [5, 5.41) is 8.26. The second kappa shape index (κ2) is 9.72. The van der Waals surface area contributed by atoms with Crippen LogP contribution in [0.2, 0.25) is 0 Å². The molecule has 172 valence electrons. The standard InChI is InChI=1S/C24H28N6O3/c1-16-18(17(2)26-23-22(16)24(32-4)28-29(23)3)9-10-21(31)27-19-7-5-6-8-20(19)33-14-13-30-12-11-25-15-30/h5-8,11-12,15H,9-10,13-14H2,1-4H3,(H,27,31). The summed E-state index contributed by atoms with van der Waals surface area (Å²) in [5.74, 6) is 1.10. The highest BCUT2D eigenvalue weighted by molar-refractivity contribution is 5.92. The zero-order valence-electron chi connectivity index (χ0n) is 19.3. The number of pyridine rings is 1. The van der Waals surface area contributed by atoms with Crippen LogP contribution in [0.4, 0.5) is 5.69 Å². The number of rotatable bonds is 9. The number of ether oxygens (including phenoxy) is 2. The van der Waals surface area contributed by atoms with E-state index in [0.717, 1.165) is 27.9 Å². The van der Waals surface area contributed by atoms with Gasteiger partial charge >= 0.3 is 0 Å². The van der Waals surface area contributed by atoms with Gasteiger partial charge in [0.1, 0.15) is 12.4 Å². The first-order valence-electron chi connectivity index (χ1n) is 10.8. The minimum Gasteiger partial charge on any atom is -0.490 e. The van der Waals surface area contributed by atoms with E-state index < -0.39 is 0 Å². The van der Waals surface area contributed by atoms with E-state index in [9.17, 15) is 4.79 Å². The van der Waals surface area contributed by atoms with Crippen molar-refractivity contribution in [3.8, 4) is 11.6 Å². The van der Waals surface area contributed by atoms with E-state index in [1.165, 1.54) is 0 Å². The lowest BCUT2D eigenvalue weighted by molar-refractivity contribution is -0.116. The molecule has 9 heteroatoms. The predicted molar refractivity (Wildman–Crippen MR) is 126 cm³/mol. The van der Waals surface area contributed by atoms with Crippen molar-refractivity contribution in [1.29, 1.82) is 0 Å². The molecular formula is C24H28N6O3. The number of anilines is 1. The van der Waals surface area contributed by atoms with Gasteiger partial charge in [0.15, 0.2) is 5.65 Å². The van der Waals surface area contributed by atoms with Gasteiger partial charge in [0.05, 0.1) is 31.1 Å². The van der Waals surface area contributed by atoms with Gasteiger partial charge in [-0.1, -0.05) is 12.1 Å². The van der Waals surface area contributed by atoms with Crippen molar-refractivity contribution >= 4 is 22.6 Å². The number of methoxy groups -OCH3 is 1. The Labute approximate surface area is 192 Å². The van der Waals surface area contributed by atoms with Crippen LogP contribution >= 0.6 is 0 Å². The maximum atomic E-state index is 12.8. The molecule has 0 saturated carbocycles. The van der Waals surface area contributed by atoms with Crippen LogP contribution in [0.5, 0.6) is 11.6 Å². The first kappa shape index (κ1) is 22.3. The molecule has 33 heavy (non-hydrogen) atoms. The number of amides is 1. The number of carbonyl (C=O) groups is 1. The second-order valence-corrected chi connectivity index (χ2v) is 7.83. The van der Waals surface area contributed by atoms with Crippen molar-refractivity contribution in [2.45, 2.75) is 33.2 Å². The smallest absolute Gasteiger partial charge is 0.242 e. The summed E-state index contributed by atoms with van der Waals surface area (Å²) >= 11 is 0. The SMILES string of the molecule is COc1nn(C)c2nc(C)c(CCC(=O)Nc3ccccc3OCCn3ccnc3)c(C)c12. The van der Waals surface area contributed by atoms with Crippen molar-refractivity contribution in [2.75, 3.05) is 19.0 Å². The molecular weight excluding hydrogens is 420 g/mol. The Hall–Kier alpha value is -3.88. The first-order valence-corrected chi connectivity index (χ1v) is 10.8. The highest BCUT2D eigenvalue weighted by Gasteiger charge is 2.18. The Morgan fingerprint density at radius 2 is 2.03 bits per heavy atom. The number of nitrogens with one attached hydrogen (secondary N) is 1. The molecule has 3 heterocycles. The van der Waals surface area contributed by atoms with E-state index in [0.29, 0.717) is 43.3 Å². The zero-order chi connectivity index (χ0) is 23.4. The van der Waals surface area contributed by atoms with Gasteiger partial charge in [0.25, 0.3) is 0 Å². The number of imidazole rings is 1. The van der Waals surface area contributed by atoms with Crippen LogP contribution in [0, 0.1) is 13.8 Å². The van der Waals surface area contributed by atoms with E-state index in [1.54, 1.807) is 24.3 Å². The Morgan fingerprint density at radius 3 is 2.79 bits per heavy atom. The van der Waals surface area contributed by atoms with E-state index in [1.807, 2.05) is 55.9 Å². The number of benzene rings is 1. The Bertz CT molecular complexity index is 1260. The maximum absolute atomic E-state index is 12.8. The van der Waals surface area contributed by atoms with Crippen molar-refractivity contribution in [1.82, 2.24) is 24.3 Å². The van der Waals surface area contributed by atoms with Gasteiger partial charge < -0.3 is 19.4 Å². The zero-order valence-corrected chi connectivity index (χ0v) is 19.3. The molecule has 0 atom stereocenters. The number of hydrogen-bond acceptors (Lipinski definition) is 6. The van der Waals surface area contributed by atoms with E-state index in [4.69, 9.17) is 14.5 Å². The monoisotopic (exact) mass is 448 g/mol. The quantitative estimate of drug-likeness (QED) is 0.421. The molecule has 9 nitrogen and oxygen atoms in total. The molecule has 0 aliphatic carbocycles. The molecule has 4 rings (SSSR count). The van der Waals surface area contributed by atoms with Crippen molar-refractivity contribution in [3.63, 3.8) is 0 Å².